The molecule has 10 nitrogen and oxygen atoms in total. The summed E-state index contributed by atoms with van der Waals surface area (Å²) in [6.07, 6.45) is 46.0. The number of hydrogen-bond acceptors (Lipinski definition) is 10. The molecule has 10 heteroatoms. The molecule has 1 aromatic rings. The van der Waals surface area contributed by atoms with Crippen LogP contribution in [-0.4, -0.2) is 76.5 Å². The predicted octanol–water partition coefficient (Wildman–Crippen LogP) is 18.0. The quantitative estimate of drug-likeness (QED) is 0.0355. The molecule has 0 aromatic heterocycles. The first-order chi connectivity index (χ1) is 35.8. The van der Waals surface area contributed by atoms with Crippen LogP contribution < -0.4 is 14.2 Å². The average Bonchev–Trinajstić information content (AvgIpc) is 3.37. The van der Waals surface area contributed by atoms with E-state index in [1.165, 1.54) is 135 Å². The molecule has 0 aliphatic rings. The fourth-order valence-electron chi connectivity index (χ4n) is 9.17. The van der Waals surface area contributed by atoms with Crippen molar-refractivity contribution in [1.82, 2.24) is 4.90 Å². The molecule has 0 atom stereocenters. The molecular formula is C63H115NO9. The van der Waals surface area contributed by atoms with E-state index in [1.807, 2.05) is 0 Å². The van der Waals surface area contributed by atoms with Crippen molar-refractivity contribution in [2.24, 2.45) is 0 Å². The van der Waals surface area contributed by atoms with Gasteiger partial charge >= 0.3 is 17.9 Å². The lowest BCUT2D eigenvalue weighted by molar-refractivity contribution is -0.144. The van der Waals surface area contributed by atoms with Crippen LogP contribution >= 0.6 is 0 Å². The van der Waals surface area contributed by atoms with Gasteiger partial charge in [-0.3, -0.25) is 14.4 Å². The van der Waals surface area contributed by atoms with Gasteiger partial charge in [-0.25, -0.2) is 0 Å². The van der Waals surface area contributed by atoms with Crippen molar-refractivity contribution in [3.8, 4) is 17.2 Å². The summed E-state index contributed by atoms with van der Waals surface area (Å²) >= 11 is 0. The van der Waals surface area contributed by atoms with Crippen LogP contribution in [0.15, 0.2) is 12.1 Å². The van der Waals surface area contributed by atoms with Crippen LogP contribution in [0.3, 0.4) is 0 Å². The number of hydrogen-bond donors (Lipinski definition) is 0. The lowest BCUT2D eigenvalue weighted by Crippen LogP contribution is -2.12. The Morgan fingerprint density at radius 3 is 0.863 bits per heavy atom. The van der Waals surface area contributed by atoms with Crippen molar-refractivity contribution in [3.05, 3.63) is 17.7 Å². The number of benzene rings is 1. The predicted molar refractivity (Wildman–Crippen MR) is 304 cm³/mol. The first-order valence-corrected chi connectivity index (χ1v) is 31.0. The third kappa shape index (κ3) is 45.0. The summed E-state index contributed by atoms with van der Waals surface area (Å²) in [4.78, 5) is 38.1. The Kier molecular flexibility index (Phi) is 48.8. The van der Waals surface area contributed by atoms with Gasteiger partial charge in [0.25, 0.3) is 0 Å². The lowest BCUT2D eigenvalue weighted by Gasteiger charge is -2.20. The molecular weight excluding hydrogens is 915 g/mol. The molecule has 0 N–H and O–H groups in total. The maximum atomic E-state index is 12.0. The van der Waals surface area contributed by atoms with E-state index in [1.54, 1.807) is 0 Å². The molecule has 0 aliphatic heterocycles. The number of ether oxygens (including phenoxy) is 6. The minimum Gasteiger partial charge on any atom is -0.490 e. The molecule has 0 heterocycles. The highest BCUT2D eigenvalue weighted by Crippen LogP contribution is 2.40. The zero-order valence-corrected chi connectivity index (χ0v) is 48.4. The molecule has 0 unspecified atom stereocenters. The van der Waals surface area contributed by atoms with Gasteiger partial charge in [-0.1, -0.05) is 213 Å². The molecule has 0 radical (unpaired) electrons. The summed E-state index contributed by atoms with van der Waals surface area (Å²) in [6, 6.07) is 4.31. The van der Waals surface area contributed by atoms with E-state index in [0.29, 0.717) is 58.9 Å². The molecule has 0 saturated heterocycles. The minimum atomic E-state index is -0.0309. The summed E-state index contributed by atoms with van der Waals surface area (Å²) in [5, 5.41) is 0. The second-order valence-corrected chi connectivity index (χ2v) is 21.3. The molecule has 1 aromatic carbocycles. The number of nitrogens with zero attached hydrogens (tertiary/aromatic N) is 1. The van der Waals surface area contributed by atoms with Crippen LogP contribution in [0.2, 0.25) is 0 Å². The highest BCUT2D eigenvalue weighted by molar-refractivity contribution is 5.69. The van der Waals surface area contributed by atoms with E-state index in [0.717, 1.165) is 145 Å². The number of carbonyl (C=O) groups is 3. The highest BCUT2D eigenvalue weighted by Gasteiger charge is 2.17. The van der Waals surface area contributed by atoms with Gasteiger partial charge in [0.05, 0.1) is 39.6 Å². The van der Waals surface area contributed by atoms with Crippen molar-refractivity contribution in [2.75, 3.05) is 53.7 Å². The van der Waals surface area contributed by atoms with Gasteiger partial charge in [0.2, 0.25) is 5.75 Å². The maximum absolute atomic E-state index is 12.0. The average molecular weight is 1030 g/mol. The third-order valence-corrected chi connectivity index (χ3v) is 13.7. The molecule has 0 amide bonds. The van der Waals surface area contributed by atoms with Crippen LogP contribution in [0.25, 0.3) is 0 Å². The third-order valence-electron chi connectivity index (χ3n) is 13.7. The molecule has 0 bridgehead atoms. The normalized spacial score (nSPS) is 11.3. The van der Waals surface area contributed by atoms with Gasteiger partial charge < -0.3 is 33.3 Å². The van der Waals surface area contributed by atoms with Crippen molar-refractivity contribution in [3.63, 3.8) is 0 Å². The summed E-state index contributed by atoms with van der Waals surface area (Å²) in [5.41, 5.74) is 1.16. The van der Waals surface area contributed by atoms with E-state index in [4.69, 9.17) is 28.4 Å². The number of esters is 3. The Bertz CT molecular complexity index is 1330. The summed E-state index contributed by atoms with van der Waals surface area (Å²) < 4.78 is 36.1. The first-order valence-electron chi connectivity index (χ1n) is 31.0. The summed E-state index contributed by atoms with van der Waals surface area (Å²) in [6.45, 7) is 11.0. The molecule has 426 valence electrons. The highest BCUT2D eigenvalue weighted by atomic mass is 16.5. The smallest absolute Gasteiger partial charge is 0.305 e. The van der Waals surface area contributed by atoms with E-state index < -0.39 is 0 Å². The Labute approximate surface area is 449 Å². The zero-order valence-electron chi connectivity index (χ0n) is 48.4. The van der Waals surface area contributed by atoms with Crippen molar-refractivity contribution >= 4 is 17.9 Å². The van der Waals surface area contributed by atoms with Crippen molar-refractivity contribution in [2.45, 2.75) is 297 Å². The largest absolute Gasteiger partial charge is 0.490 e. The van der Waals surface area contributed by atoms with Gasteiger partial charge in [-0.2, -0.15) is 0 Å². The van der Waals surface area contributed by atoms with Gasteiger partial charge in [-0.05, 0) is 89.6 Å². The molecule has 73 heavy (non-hydrogen) atoms. The van der Waals surface area contributed by atoms with E-state index in [9.17, 15) is 14.4 Å². The fourth-order valence-corrected chi connectivity index (χ4v) is 9.17. The number of carbonyl (C=O) groups excluding carboxylic acids is 3. The molecule has 1 rings (SSSR count). The lowest BCUT2D eigenvalue weighted by atomic mass is 10.1. The van der Waals surface area contributed by atoms with Gasteiger partial charge in [-0.15, -0.1) is 0 Å². The zero-order chi connectivity index (χ0) is 52.9. The van der Waals surface area contributed by atoms with E-state index in [2.05, 4.69) is 51.9 Å². The minimum absolute atomic E-state index is 0.0301. The Morgan fingerprint density at radius 1 is 0.329 bits per heavy atom. The van der Waals surface area contributed by atoms with E-state index in [-0.39, 0.29) is 17.9 Å². The fraction of sp³-hybridized carbons (Fsp3) is 0.857. The maximum Gasteiger partial charge on any atom is 0.305 e. The van der Waals surface area contributed by atoms with Crippen molar-refractivity contribution in [1.29, 1.82) is 0 Å². The SMILES string of the molecule is CCCCCCCC(=O)OCCCCCCCCCCOc1cc(CN(C)C)cc(OCCCCCCCCCCOC(=O)CCCCCCC)c1OCCCCCCCCCCOC(=O)CCCCCCC. The topological polar surface area (TPSA) is 110 Å². The number of unbranched alkanes of at least 4 members (excludes halogenated alkanes) is 33. The molecule has 0 fully saturated rings. The molecule has 0 spiro atoms. The van der Waals surface area contributed by atoms with Crippen LogP contribution in [0, 0.1) is 0 Å². The van der Waals surface area contributed by atoms with E-state index >= 15 is 0 Å². The molecule has 0 aliphatic carbocycles. The van der Waals surface area contributed by atoms with Gasteiger partial charge in [0.1, 0.15) is 0 Å². The Balaban J connectivity index is 2.54. The second-order valence-electron chi connectivity index (χ2n) is 21.3. The van der Waals surface area contributed by atoms with Gasteiger partial charge in [0, 0.05) is 25.8 Å². The van der Waals surface area contributed by atoms with Crippen LogP contribution in [0.4, 0.5) is 0 Å². The standard InChI is InChI=1S/C63H115NO9/c1-6-9-12-27-36-45-60(65)70-50-41-32-23-17-15-21-30-39-48-68-58-54-57(56-64(4)5)55-59(69-49-40-31-22-16-18-24-33-42-51-71-61(66)46-37-28-13-10-7-2)63(58)73-53-44-35-26-20-19-25-34-43-52-72-62(67)47-38-29-14-11-8-3/h54-55H,6-53,56H2,1-5H3. The molecule has 0 saturated carbocycles. The summed E-state index contributed by atoms with van der Waals surface area (Å²) in [5.74, 6) is 2.24. The van der Waals surface area contributed by atoms with Crippen LogP contribution in [-0.2, 0) is 35.1 Å². The van der Waals surface area contributed by atoms with Crippen LogP contribution in [0.5, 0.6) is 17.2 Å². The Hall–Kier alpha value is -3.01. The Morgan fingerprint density at radius 2 is 0.575 bits per heavy atom. The van der Waals surface area contributed by atoms with Crippen LogP contribution in [0.1, 0.15) is 296 Å². The summed E-state index contributed by atoms with van der Waals surface area (Å²) in [7, 11) is 4.19. The van der Waals surface area contributed by atoms with Crippen molar-refractivity contribution < 1.29 is 42.8 Å². The number of rotatable bonds is 56. The first kappa shape index (κ1) is 68.0. The van der Waals surface area contributed by atoms with Gasteiger partial charge in [0.15, 0.2) is 11.5 Å². The monoisotopic (exact) mass is 1030 g/mol. The second kappa shape index (κ2) is 52.4.